The van der Waals surface area contributed by atoms with Gasteiger partial charge in [0.25, 0.3) is 5.91 Å². The van der Waals surface area contributed by atoms with Crippen molar-refractivity contribution < 1.29 is 14.3 Å². The molecule has 4 nitrogen and oxygen atoms in total. The normalized spacial score (nSPS) is 11.9. The Kier molecular flexibility index (Phi) is 6.54. The molecule has 1 aromatic carbocycles. The number of hydrogen-bond acceptors (Lipinski definition) is 3. The lowest BCUT2D eigenvalue weighted by atomic mass is 10.3. The van der Waals surface area contributed by atoms with Crippen molar-refractivity contribution in [3.05, 3.63) is 29.3 Å². The smallest absolute Gasteiger partial charge is 0.260 e. The molecule has 0 aliphatic heterocycles. The van der Waals surface area contributed by atoms with Gasteiger partial charge in [-0.05, 0) is 25.5 Å². The summed E-state index contributed by atoms with van der Waals surface area (Å²) >= 11 is 5.95. The minimum Gasteiger partial charge on any atom is -0.479 e. The van der Waals surface area contributed by atoms with Crippen molar-refractivity contribution in [1.29, 1.82) is 0 Å². The van der Waals surface area contributed by atoms with Crippen molar-refractivity contribution >= 4 is 17.5 Å². The molecule has 0 bridgehead atoms. The predicted molar refractivity (Wildman–Crippen MR) is 71.0 cm³/mol. The highest BCUT2D eigenvalue weighted by molar-refractivity contribution is 6.32. The molecule has 1 aromatic rings. The number of ether oxygens (including phenoxy) is 2. The van der Waals surface area contributed by atoms with Crippen LogP contribution in [0.3, 0.4) is 0 Å². The van der Waals surface area contributed by atoms with Crippen LogP contribution in [0.1, 0.15) is 13.3 Å². The highest BCUT2D eigenvalue weighted by atomic mass is 35.5. The average Bonchev–Trinajstić information content (AvgIpc) is 2.37. The van der Waals surface area contributed by atoms with Crippen molar-refractivity contribution in [2.75, 3.05) is 20.3 Å². The lowest BCUT2D eigenvalue weighted by Crippen LogP contribution is -2.37. The molecule has 1 atom stereocenters. The van der Waals surface area contributed by atoms with E-state index in [0.29, 0.717) is 23.9 Å². The van der Waals surface area contributed by atoms with E-state index in [4.69, 9.17) is 21.1 Å². The topological polar surface area (TPSA) is 47.6 Å². The maximum atomic E-state index is 11.7. The number of para-hydroxylation sites is 1. The Balaban J connectivity index is 2.38. The van der Waals surface area contributed by atoms with Crippen molar-refractivity contribution in [3.63, 3.8) is 0 Å². The molecular formula is C13H18ClNO3. The van der Waals surface area contributed by atoms with Crippen LogP contribution in [0.5, 0.6) is 5.75 Å². The summed E-state index contributed by atoms with van der Waals surface area (Å²) in [6, 6.07) is 7.08. The summed E-state index contributed by atoms with van der Waals surface area (Å²) in [7, 11) is 1.63. The molecule has 0 aromatic heterocycles. The fourth-order valence-corrected chi connectivity index (χ4v) is 1.54. The molecule has 0 aliphatic carbocycles. The molecule has 0 aliphatic rings. The van der Waals surface area contributed by atoms with Crippen LogP contribution in [0, 0.1) is 0 Å². The van der Waals surface area contributed by atoms with Gasteiger partial charge < -0.3 is 14.8 Å². The van der Waals surface area contributed by atoms with Crippen LogP contribution in [0.25, 0.3) is 0 Å². The van der Waals surface area contributed by atoms with Crippen LogP contribution in [0.15, 0.2) is 24.3 Å². The van der Waals surface area contributed by atoms with Crippen molar-refractivity contribution in [2.45, 2.75) is 19.4 Å². The second-order valence-corrected chi connectivity index (χ2v) is 4.24. The van der Waals surface area contributed by atoms with Gasteiger partial charge in [-0.3, -0.25) is 4.79 Å². The van der Waals surface area contributed by atoms with Gasteiger partial charge in [-0.15, -0.1) is 0 Å². The van der Waals surface area contributed by atoms with E-state index in [1.165, 1.54) is 0 Å². The molecule has 0 fully saturated rings. The number of benzene rings is 1. The second-order valence-electron chi connectivity index (χ2n) is 3.83. The number of nitrogens with one attached hydrogen (secondary N) is 1. The van der Waals surface area contributed by atoms with E-state index in [0.717, 1.165) is 6.42 Å². The number of carbonyl (C=O) groups excluding carboxylic acids is 1. The Morgan fingerprint density at radius 2 is 2.17 bits per heavy atom. The van der Waals surface area contributed by atoms with E-state index >= 15 is 0 Å². The van der Waals surface area contributed by atoms with Gasteiger partial charge in [0.1, 0.15) is 5.75 Å². The zero-order valence-corrected chi connectivity index (χ0v) is 11.4. The molecule has 1 N–H and O–H groups in total. The van der Waals surface area contributed by atoms with Gasteiger partial charge in [-0.2, -0.15) is 0 Å². The molecule has 1 amide bonds. The molecule has 0 radical (unpaired) electrons. The second kappa shape index (κ2) is 7.95. The lowest BCUT2D eigenvalue weighted by molar-refractivity contribution is -0.127. The van der Waals surface area contributed by atoms with Crippen LogP contribution in [-0.4, -0.2) is 32.3 Å². The number of hydrogen-bond donors (Lipinski definition) is 1. The fourth-order valence-electron chi connectivity index (χ4n) is 1.36. The third-order valence-electron chi connectivity index (χ3n) is 2.33. The summed E-state index contributed by atoms with van der Waals surface area (Å²) in [5, 5.41) is 3.27. The van der Waals surface area contributed by atoms with E-state index in [1.54, 1.807) is 26.2 Å². The van der Waals surface area contributed by atoms with E-state index in [9.17, 15) is 4.79 Å². The largest absolute Gasteiger partial charge is 0.479 e. The summed E-state index contributed by atoms with van der Waals surface area (Å²) in [5.41, 5.74) is 0. The van der Waals surface area contributed by atoms with Crippen LogP contribution in [-0.2, 0) is 9.53 Å². The van der Waals surface area contributed by atoms with Gasteiger partial charge in [0.15, 0.2) is 6.10 Å². The predicted octanol–water partition coefficient (Wildman–Crippen LogP) is 2.26. The van der Waals surface area contributed by atoms with E-state index in [2.05, 4.69) is 5.32 Å². The molecular weight excluding hydrogens is 254 g/mol. The van der Waals surface area contributed by atoms with Gasteiger partial charge in [0.2, 0.25) is 0 Å². The molecule has 0 spiro atoms. The average molecular weight is 272 g/mol. The van der Waals surface area contributed by atoms with Gasteiger partial charge in [0, 0.05) is 20.3 Å². The Hall–Kier alpha value is -1.26. The number of rotatable bonds is 7. The van der Waals surface area contributed by atoms with Crippen molar-refractivity contribution in [3.8, 4) is 5.75 Å². The Labute approximate surface area is 112 Å². The highest BCUT2D eigenvalue weighted by Crippen LogP contribution is 2.24. The molecule has 1 unspecified atom stereocenters. The molecule has 0 heterocycles. The standard InChI is InChI=1S/C13H18ClNO3/c1-10(13(16)15-8-5-9-17-2)18-12-7-4-3-6-11(12)14/h3-4,6-7,10H,5,8-9H2,1-2H3,(H,15,16). The quantitative estimate of drug-likeness (QED) is 0.774. The van der Waals surface area contributed by atoms with Crippen LogP contribution >= 0.6 is 11.6 Å². The van der Waals surface area contributed by atoms with Crippen LogP contribution in [0.2, 0.25) is 5.02 Å². The molecule has 5 heteroatoms. The summed E-state index contributed by atoms with van der Waals surface area (Å²) < 4.78 is 10.4. The lowest BCUT2D eigenvalue weighted by Gasteiger charge is -2.15. The third-order valence-corrected chi connectivity index (χ3v) is 2.65. The SMILES string of the molecule is COCCCNC(=O)C(C)Oc1ccccc1Cl. The number of methoxy groups -OCH3 is 1. The summed E-state index contributed by atoms with van der Waals surface area (Å²) in [6.45, 7) is 2.89. The first-order chi connectivity index (χ1) is 8.65. The minimum absolute atomic E-state index is 0.161. The first-order valence-electron chi connectivity index (χ1n) is 5.83. The van der Waals surface area contributed by atoms with E-state index in [1.807, 2.05) is 12.1 Å². The maximum absolute atomic E-state index is 11.7. The van der Waals surface area contributed by atoms with Crippen molar-refractivity contribution in [2.24, 2.45) is 0 Å². The van der Waals surface area contributed by atoms with Crippen LogP contribution in [0.4, 0.5) is 0 Å². The Morgan fingerprint density at radius 3 is 2.83 bits per heavy atom. The number of amides is 1. The summed E-state index contributed by atoms with van der Waals surface area (Å²) in [5.74, 6) is 0.352. The summed E-state index contributed by atoms with van der Waals surface area (Å²) in [4.78, 5) is 11.7. The Bertz CT molecular complexity index is 384. The fraction of sp³-hybridized carbons (Fsp3) is 0.462. The van der Waals surface area contributed by atoms with Crippen LogP contribution < -0.4 is 10.1 Å². The zero-order chi connectivity index (χ0) is 13.4. The first-order valence-corrected chi connectivity index (χ1v) is 6.20. The monoisotopic (exact) mass is 271 g/mol. The summed E-state index contributed by atoms with van der Waals surface area (Å²) in [6.07, 6.45) is 0.202. The number of carbonyl (C=O) groups is 1. The Morgan fingerprint density at radius 1 is 1.44 bits per heavy atom. The number of halogens is 1. The van der Waals surface area contributed by atoms with Gasteiger partial charge in [-0.25, -0.2) is 0 Å². The minimum atomic E-state index is -0.576. The van der Waals surface area contributed by atoms with E-state index < -0.39 is 6.10 Å². The van der Waals surface area contributed by atoms with Gasteiger partial charge >= 0.3 is 0 Å². The van der Waals surface area contributed by atoms with Gasteiger partial charge in [-0.1, -0.05) is 23.7 Å². The third kappa shape index (κ3) is 4.94. The maximum Gasteiger partial charge on any atom is 0.260 e. The first kappa shape index (κ1) is 14.8. The molecule has 1 rings (SSSR count). The van der Waals surface area contributed by atoms with Gasteiger partial charge in [0.05, 0.1) is 5.02 Å². The molecule has 100 valence electrons. The molecule has 0 saturated heterocycles. The molecule has 0 saturated carbocycles. The zero-order valence-electron chi connectivity index (χ0n) is 10.6. The van der Waals surface area contributed by atoms with Crippen molar-refractivity contribution in [1.82, 2.24) is 5.32 Å². The molecule has 18 heavy (non-hydrogen) atoms. The van der Waals surface area contributed by atoms with E-state index in [-0.39, 0.29) is 5.91 Å². The highest BCUT2D eigenvalue weighted by Gasteiger charge is 2.14.